The molecule has 1 unspecified atom stereocenters. The number of carbonyl (C=O) groups is 1. The van der Waals surface area contributed by atoms with E-state index in [0.717, 1.165) is 22.5 Å². The van der Waals surface area contributed by atoms with Crippen LogP contribution in [0, 0.1) is 0 Å². The Bertz CT molecular complexity index is 622. The van der Waals surface area contributed by atoms with Gasteiger partial charge < -0.3 is 14.8 Å². The van der Waals surface area contributed by atoms with E-state index in [4.69, 9.17) is 9.47 Å². The van der Waals surface area contributed by atoms with Gasteiger partial charge in [0.2, 0.25) is 0 Å². The third kappa shape index (κ3) is 2.74. The molecule has 7 heteroatoms. The summed E-state index contributed by atoms with van der Waals surface area (Å²) in [5, 5.41) is 6.50. The molecule has 1 atom stereocenters. The maximum Gasteiger partial charge on any atom is 0.256 e. The highest BCUT2D eigenvalue weighted by atomic mass is 32.1. The minimum atomic E-state index is -0.453. The highest BCUT2D eigenvalue weighted by molar-refractivity contribution is 7.22. The van der Waals surface area contributed by atoms with Crippen LogP contribution in [0.4, 0.5) is 5.13 Å². The second kappa shape index (κ2) is 5.74. The van der Waals surface area contributed by atoms with Crippen LogP contribution in [-0.2, 0) is 9.53 Å². The zero-order chi connectivity index (χ0) is 13.9. The molecule has 0 saturated carbocycles. The summed E-state index contributed by atoms with van der Waals surface area (Å²) in [6.45, 7) is 1.87. The SMILES string of the molecule is COc1ccc2nc(NC(=O)C3CNCCO3)sc2c1. The summed E-state index contributed by atoms with van der Waals surface area (Å²) in [4.78, 5) is 16.4. The zero-order valence-electron chi connectivity index (χ0n) is 11.0. The molecule has 1 aliphatic heterocycles. The smallest absolute Gasteiger partial charge is 0.256 e. The van der Waals surface area contributed by atoms with Gasteiger partial charge in [-0.05, 0) is 18.2 Å². The van der Waals surface area contributed by atoms with Crippen LogP contribution in [0.3, 0.4) is 0 Å². The Hall–Kier alpha value is -1.70. The molecule has 3 rings (SSSR count). The van der Waals surface area contributed by atoms with Crippen molar-refractivity contribution in [2.75, 3.05) is 32.1 Å². The van der Waals surface area contributed by atoms with Gasteiger partial charge in [0.15, 0.2) is 5.13 Å². The lowest BCUT2D eigenvalue weighted by Crippen LogP contribution is -2.45. The summed E-state index contributed by atoms with van der Waals surface area (Å²) in [6.07, 6.45) is -0.453. The lowest BCUT2D eigenvalue weighted by Gasteiger charge is -2.22. The molecule has 1 aromatic heterocycles. The average molecular weight is 293 g/mol. The van der Waals surface area contributed by atoms with Gasteiger partial charge in [-0.2, -0.15) is 0 Å². The lowest BCUT2D eigenvalue weighted by atomic mass is 10.3. The molecule has 6 nitrogen and oxygen atoms in total. The van der Waals surface area contributed by atoms with E-state index in [-0.39, 0.29) is 5.91 Å². The lowest BCUT2D eigenvalue weighted by molar-refractivity contribution is -0.128. The van der Waals surface area contributed by atoms with E-state index in [9.17, 15) is 4.79 Å². The number of morpholine rings is 1. The molecule has 1 aliphatic rings. The number of carbonyl (C=O) groups excluding carboxylic acids is 1. The first kappa shape index (κ1) is 13.3. The van der Waals surface area contributed by atoms with Crippen LogP contribution in [-0.4, -0.2) is 43.8 Å². The van der Waals surface area contributed by atoms with E-state index in [0.29, 0.717) is 18.3 Å². The molecular weight excluding hydrogens is 278 g/mol. The van der Waals surface area contributed by atoms with Crippen LogP contribution in [0.1, 0.15) is 0 Å². The molecular formula is C13H15N3O3S. The first-order valence-corrected chi connectivity index (χ1v) is 7.15. The maximum atomic E-state index is 12.0. The number of aromatic nitrogens is 1. The number of fused-ring (bicyclic) bond motifs is 1. The molecule has 2 N–H and O–H groups in total. The summed E-state index contributed by atoms with van der Waals surface area (Å²) in [7, 11) is 1.62. The van der Waals surface area contributed by atoms with Crippen LogP contribution >= 0.6 is 11.3 Å². The molecule has 20 heavy (non-hydrogen) atoms. The van der Waals surface area contributed by atoms with Crippen molar-refractivity contribution in [2.24, 2.45) is 0 Å². The monoisotopic (exact) mass is 293 g/mol. The molecule has 1 amide bonds. The molecule has 106 valence electrons. The van der Waals surface area contributed by atoms with E-state index in [1.54, 1.807) is 7.11 Å². The van der Waals surface area contributed by atoms with Crippen LogP contribution in [0.15, 0.2) is 18.2 Å². The van der Waals surface area contributed by atoms with Gasteiger partial charge in [-0.1, -0.05) is 11.3 Å². The van der Waals surface area contributed by atoms with Gasteiger partial charge in [-0.3, -0.25) is 10.1 Å². The van der Waals surface area contributed by atoms with Gasteiger partial charge in [-0.25, -0.2) is 4.98 Å². The van der Waals surface area contributed by atoms with E-state index >= 15 is 0 Å². The van der Waals surface area contributed by atoms with E-state index in [1.807, 2.05) is 18.2 Å². The molecule has 1 fully saturated rings. The largest absolute Gasteiger partial charge is 0.497 e. The highest BCUT2D eigenvalue weighted by Crippen LogP contribution is 2.29. The van der Waals surface area contributed by atoms with Crippen molar-refractivity contribution < 1.29 is 14.3 Å². The maximum absolute atomic E-state index is 12.0. The first-order chi connectivity index (χ1) is 9.76. The first-order valence-electron chi connectivity index (χ1n) is 6.34. The van der Waals surface area contributed by atoms with Gasteiger partial charge in [0, 0.05) is 13.1 Å². The Labute approximate surface area is 120 Å². The van der Waals surface area contributed by atoms with Crippen LogP contribution < -0.4 is 15.4 Å². The van der Waals surface area contributed by atoms with Gasteiger partial charge in [-0.15, -0.1) is 0 Å². The van der Waals surface area contributed by atoms with Crippen molar-refractivity contribution in [3.8, 4) is 5.75 Å². The number of rotatable bonds is 3. The van der Waals surface area contributed by atoms with Crippen molar-refractivity contribution >= 4 is 32.6 Å². The average Bonchev–Trinajstić information content (AvgIpc) is 2.89. The fourth-order valence-electron chi connectivity index (χ4n) is 2.01. The number of amides is 1. The molecule has 0 radical (unpaired) electrons. The van der Waals surface area contributed by atoms with Crippen molar-refractivity contribution in [2.45, 2.75) is 6.10 Å². The molecule has 2 heterocycles. The topological polar surface area (TPSA) is 72.5 Å². The number of nitrogens with one attached hydrogen (secondary N) is 2. The third-order valence-electron chi connectivity index (χ3n) is 3.05. The molecule has 2 aromatic rings. The number of nitrogens with zero attached hydrogens (tertiary/aromatic N) is 1. The normalized spacial score (nSPS) is 18.9. The molecule has 0 aliphatic carbocycles. The highest BCUT2D eigenvalue weighted by Gasteiger charge is 2.22. The van der Waals surface area contributed by atoms with E-state index in [1.165, 1.54) is 11.3 Å². The molecule has 0 bridgehead atoms. The van der Waals surface area contributed by atoms with Gasteiger partial charge in [0.05, 0.1) is 23.9 Å². The third-order valence-corrected chi connectivity index (χ3v) is 3.98. The Balaban J connectivity index is 1.75. The zero-order valence-corrected chi connectivity index (χ0v) is 11.8. The van der Waals surface area contributed by atoms with Gasteiger partial charge in [0.1, 0.15) is 11.9 Å². The molecule has 1 aromatic carbocycles. The standard InChI is InChI=1S/C13H15N3O3S/c1-18-8-2-3-9-11(6-8)20-13(15-9)16-12(17)10-7-14-4-5-19-10/h2-3,6,10,14H,4-5,7H2,1H3,(H,15,16,17). The Morgan fingerprint density at radius 3 is 3.25 bits per heavy atom. The van der Waals surface area contributed by atoms with Crippen molar-refractivity contribution in [1.82, 2.24) is 10.3 Å². The summed E-state index contributed by atoms with van der Waals surface area (Å²) in [5.41, 5.74) is 0.841. The predicted molar refractivity (Wildman–Crippen MR) is 77.4 cm³/mol. The Morgan fingerprint density at radius 2 is 2.50 bits per heavy atom. The molecule has 1 saturated heterocycles. The minimum Gasteiger partial charge on any atom is -0.497 e. The Kier molecular flexibility index (Phi) is 3.81. The van der Waals surface area contributed by atoms with Gasteiger partial charge in [0.25, 0.3) is 5.91 Å². The Morgan fingerprint density at radius 1 is 1.60 bits per heavy atom. The van der Waals surface area contributed by atoms with Crippen molar-refractivity contribution in [3.05, 3.63) is 18.2 Å². The summed E-state index contributed by atoms with van der Waals surface area (Å²) in [6, 6.07) is 5.63. The van der Waals surface area contributed by atoms with Gasteiger partial charge >= 0.3 is 0 Å². The number of ether oxygens (including phenoxy) is 2. The van der Waals surface area contributed by atoms with E-state index < -0.39 is 6.10 Å². The van der Waals surface area contributed by atoms with Crippen molar-refractivity contribution in [3.63, 3.8) is 0 Å². The number of hydrogen-bond acceptors (Lipinski definition) is 6. The van der Waals surface area contributed by atoms with Crippen LogP contribution in [0.2, 0.25) is 0 Å². The fraction of sp³-hybridized carbons (Fsp3) is 0.385. The number of benzene rings is 1. The predicted octanol–water partition coefficient (Wildman–Crippen LogP) is 1.23. The minimum absolute atomic E-state index is 0.164. The summed E-state index contributed by atoms with van der Waals surface area (Å²) >= 11 is 1.42. The van der Waals surface area contributed by atoms with Crippen molar-refractivity contribution in [1.29, 1.82) is 0 Å². The second-order valence-corrected chi connectivity index (χ2v) is 5.44. The second-order valence-electron chi connectivity index (χ2n) is 4.41. The van der Waals surface area contributed by atoms with Crippen LogP contribution in [0.5, 0.6) is 5.75 Å². The summed E-state index contributed by atoms with van der Waals surface area (Å²) in [5.74, 6) is 0.613. The number of thiazole rings is 1. The van der Waals surface area contributed by atoms with Crippen LogP contribution in [0.25, 0.3) is 10.2 Å². The number of hydrogen-bond donors (Lipinski definition) is 2. The number of anilines is 1. The number of methoxy groups -OCH3 is 1. The quantitative estimate of drug-likeness (QED) is 0.890. The fourth-order valence-corrected chi connectivity index (χ4v) is 2.90. The van der Waals surface area contributed by atoms with E-state index in [2.05, 4.69) is 15.6 Å². The molecule has 0 spiro atoms. The summed E-state index contributed by atoms with van der Waals surface area (Å²) < 4.78 is 11.6.